The minimum absolute atomic E-state index is 0.0395. The lowest BCUT2D eigenvalue weighted by Crippen LogP contribution is -2.38. The molecule has 0 radical (unpaired) electrons. The zero-order valence-corrected chi connectivity index (χ0v) is 13.6. The molecule has 1 aromatic rings. The van der Waals surface area contributed by atoms with Gasteiger partial charge >= 0.3 is 0 Å². The van der Waals surface area contributed by atoms with Crippen molar-refractivity contribution in [2.45, 2.75) is 77.5 Å². The van der Waals surface area contributed by atoms with E-state index in [1.54, 1.807) is 0 Å². The second-order valence-electron chi connectivity index (χ2n) is 7.17. The van der Waals surface area contributed by atoms with Gasteiger partial charge in [-0.25, -0.2) is 0 Å². The highest BCUT2D eigenvalue weighted by molar-refractivity contribution is 5.46. The first kappa shape index (κ1) is 15.4. The van der Waals surface area contributed by atoms with Gasteiger partial charge in [-0.2, -0.15) is 0 Å². The average Bonchev–Trinajstić information content (AvgIpc) is 2.56. The second kappa shape index (κ2) is 5.77. The van der Waals surface area contributed by atoms with Gasteiger partial charge in [0.05, 0.1) is 17.2 Å². The van der Waals surface area contributed by atoms with E-state index in [0.29, 0.717) is 6.04 Å². The molecule has 20 heavy (non-hydrogen) atoms. The number of benzene rings is 1. The Morgan fingerprint density at radius 2 is 1.80 bits per heavy atom. The molecule has 1 fully saturated rings. The van der Waals surface area contributed by atoms with E-state index in [9.17, 15) is 0 Å². The molecule has 1 saturated heterocycles. The number of ether oxygens (including phenoxy) is 1. The summed E-state index contributed by atoms with van der Waals surface area (Å²) in [7, 11) is 0. The second-order valence-corrected chi connectivity index (χ2v) is 7.17. The molecule has 0 aliphatic carbocycles. The van der Waals surface area contributed by atoms with Crippen molar-refractivity contribution in [1.82, 2.24) is 0 Å². The molecule has 1 unspecified atom stereocenters. The predicted molar refractivity (Wildman–Crippen MR) is 86.3 cm³/mol. The Bertz CT molecular complexity index is 433. The summed E-state index contributed by atoms with van der Waals surface area (Å²) in [4.78, 5) is 0. The molecule has 2 rings (SSSR count). The Kier molecular flexibility index (Phi) is 4.43. The minimum atomic E-state index is -0.121. The monoisotopic (exact) mass is 275 g/mol. The number of unbranched alkanes of at least 4 members (excludes halogenated alkanes) is 1. The van der Waals surface area contributed by atoms with Crippen molar-refractivity contribution in [2.75, 3.05) is 5.32 Å². The largest absolute Gasteiger partial charge is 0.379 e. The molecule has 0 saturated carbocycles. The summed E-state index contributed by atoms with van der Waals surface area (Å²) in [6.45, 7) is 10.9. The van der Waals surface area contributed by atoms with Crippen molar-refractivity contribution in [1.29, 1.82) is 0 Å². The van der Waals surface area contributed by atoms with E-state index in [0.717, 1.165) is 6.42 Å². The third-order valence-corrected chi connectivity index (χ3v) is 4.19. The maximum absolute atomic E-state index is 6.14. The lowest BCUT2D eigenvalue weighted by Gasteiger charge is -2.28. The molecule has 112 valence electrons. The van der Waals surface area contributed by atoms with Gasteiger partial charge in [0.15, 0.2) is 0 Å². The highest BCUT2D eigenvalue weighted by atomic mass is 16.5. The Morgan fingerprint density at radius 3 is 2.30 bits per heavy atom. The molecular formula is C18H29NO. The Hall–Kier alpha value is -1.02. The summed E-state index contributed by atoms with van der Waals surface area (Å²) < 4.78 is 6.14. The molecule has 0 amide bonds. The number of hydrogen-bond acceptors (Lipinski definition) is 2. The molecule has 1 heterocycles. The molecule has 1 aliphatic heterocycles. The Morgan fingerprint density at radius 1 is 1.15 bits per heavy atom. The van der Waals surface area contributed by atoms with Crippen LogP contribution in [0.4, 0.5) is 5.69 Å². The SMILES string of the molecule is CCCCc1ccc(NC2CC(C)(C)OC2(C)C)cc1. The quantitative estimate of drug-likeness (QED) is 0.834. The van der Waals surface area contributed by atoms with Crippen molar-refractivity contribution in [3.05, 3.63) is 29.8 Å². The first-order valence-corrected chi connectivity index (χ1v) is 7.88. The van der Waals surface area contributed by atoms with Gasteiger partial charge in [-0.1, -0.05) is 25.5 Å². The minimum Gasteiger partial charge on any atom is -0.379 e. The third kappa shape index (κ3) is 3.76. The zero-order chi connectivity index (χ0) is 14.8. The summed E-state index contributed by atoms with van der Waals surface area (Å²) in [6.07, 6.45) is 4.74. The van der Waals surface area contributed by atoms with Crippen molar-refractivity contribution >= 4 is 5.69 Å². The van der Waals surface area contributed by atoms with Crippen molar-refractivity contribution in [2.24, 2.45) is 0 Å². The lowest BCUT2D eigenvalue weighted by atomic mass is 9.94. The molecule has 2 nitrogen and oxygen atoms in total. The van der Waals surface area contributed by atoms with Crippen LogP contribution in [0.1, 0.15) is 59.4 Å². The Balaban J connectivity index is 2.00. The standard InChI is InChI=1S/C18H29NO/c1-6-7-8-14-9-11-15(12-10-14)19-16-13-17(2,3)20-18(16,4)5/h9-12,16,19H,6-8,13H2,1-5H3. The van der Waals surface area contributed by atoms with E-state index >= 15 is 0 Å². The first-order chi connectivity index (χ1) is 9.32. The predicted octanol–water partition coefficient (Wildman–Crippen LogP) is 4.79. The van der Waals surface area contributed by atoms with Gasteiger partial charge < -0.3 is 10.1 Å². The van der Waals surface area contributed by atoms with Crippen LogP contribution in [0.2, 0.25) is 0 Å². The maximum atomic E-state index is 6.14. The molecular weight excluding hydrogens is 246 g/mol. The van der Waals surface area contributed by atoms with Crippen LogP contribution in [0.25, 0.3) is 0 Å². The molecule has 1 N–H and O–H groups in total. The summed E-state index contributed by atoms with van der Waals surface area (Å²) >= 11 is 0. The molecule has 2 heteroatoms. The lowest BCUT2D eigenvalue weighted by molar-refractivity contribution is -0.0662. The zero-order valence-electron chi connectivity index (χ0n) is 13.6. The van der Waals surface area contributed by atoms with Gasteiger partial charge in [-0.3, -0.25) is 0 Å². The van der Waals surface area contributed by atoms with E-state index in [4.69, 9.17) is 4.74 Å². The van der Waals surface area contributed by atoms with Crippen LogP contribution in [0.5, 0.6) is 0 Å². The molecule has 0 bridgehead atoms. The first-order valence-electron chi connectivity index (χ1n) is 7.88. The van der Waals surface area contributed by atoms with Crippen molar-refractivity contribution < 1.29 is 4.74 Å². The van der Waals surface area contributed by atoms with E-state index in [1.807, 2.05) is 0 Å². The molecule has 0 aromatic heterocycles. The van der Waals surface area contributed by atoms with Crippen LogP contribution in [0, 0.1) is 0 Å². The fourth-order valence-electron chi connectivity index (χ4n) is 3.14. The van der Waals surface area contributed by atoms with E-state index < -0.39 is 0 Å². The van der Waals surface area contributed by atoms with Crippen LogP contribution in [-0.2, 0) is 11.2 Å². The smallest absolute Gasteiger partial charge is 0.0834 e. The van der Waals surface area contributed by atoms with Crippen molar-refractivity contribution in [3.63, 3.8) is 0 Å². The molecule has 1 atom stereocenters. The summed E-state index contributed by atoms with van der Waals surface area (Å²) in [5, 5.41) is 3.65. The number of rotatable bonds is 5. The summed E-state index contributed by atoms with van der Waals surface area (Å²) in [5.41, 5.74) is 2.47. The van der Waals surface area contributed by atoms with Gasteiger partial charge in [0.1, 0.15) is 0 Å². The van der Waals surface area contributed by atoms with Crippen molar-refractivity contribution in [3.8, 4) is 0 Å². The van der Waals surface area contributed by atoms with Crippen LogP contribution in [0.3, 0.4) is 0 Å². The van der Waals surface area contributed by atoms with Gasteiger partial charge in [0, 0.05) is 5.69 Å². The van der Waals surface area contributed by atoms with E-state index in [2.05, 4.69) is 64.2 Å². The maximum Gasteiger partial charge on any atom is 0.0834 e. The van der Waals surface area contributed by atoms with Crippen LogP contribution < -0.4 is 5.32 Å². The Labute approximate surface area is 123 Å². The molecule has 1 aromatic carbocycles. The van der Waals surface area contributed by atoms with Crippen LogP contribution >= 0.6 is 0 Å². The number of anilines is 1. The van der Waals surface area contributed by atoms with E-state index in [-0.39, 0.29) is 11.2 Å². The fourth-order valence-corrected chi connectivity index (χ4v) is 3.14. The number of nitrogens with one attached hydrogen (secondary N) is 1. The average molecular weight is 275 g/mol. The third-order valence-electron chi connectivity index (χ3n) is 4.19. The van der Waals surface area contributed by atoms with Gasteiger partial charge in [-0.15, -0.1) is 0 Å². The van der Waals surface area contributed by atoms with Gasteiger partial charge in [-0.05, 0) is 64.7 Å². The van der Waals surface area contributed by atoms with Crippen LogP contribution in [-0.4, -0.2) is 17.2 Å². The van der Waals surface area contributed by atoms with E-state index in [1.165, 1.54) is 30.5 Å². The molecule has 1 aliphatic rings. The summed E-state index contributed by atoms with van der Waals surface area (Å²) in [5.74, 6) is 0. The van der Waals surface area contributed by atoms with Crippen LogP contribution in [0.15, 0.2) is 24.3 Å². The number of aryl methyl sites for hydroxylation is 1. The summed E-state index contributed by atoms with van der Waals surface area (Å²) in [6, 6.07) is 9.25. The number of hydrogen-bond donors (Lipinski definition) is 1. The normalized spacial score (nSPS) is 23.8. The van der Waals surface area contributed by atoms with Gasteiger partial charge in [0.2, 0.25) is 0 Å². The van der Waals surface area contributed by atoms with Gasteiger partial charge in [0.25, 0.3) is 0 Å². The molecule has 0 spiro atoms. The fraction of sp³-hybridized carbons (Fsp3) is 0.667. The highest BCUT2D eigenvalue weighted by Crippen LogP contribution is 2.38. The topological polar surface area (TPSA) is 21.3 Å². The highest BCUT2D eigenvalue weighted by Gasteiger charge is 2.45.